The molecular formula is C25H21F3N2O2. The summed E-state index contributed by atoms with van der Waals surface area (Å²) in [5.74, 6) is -1.25. The van der Waals surface area contributed by atoms with Crippen LogP contribution in [0.1, 0.15) is 22.3 Å². The van der Waals surface area contributed by atoms with E-state index in [0.717, 1.165) is 23.3 Å². The van der Waals surface area contributed by atoms with E-state index in [-0.39, 0.29) is 18.7 Å². The Labute approximate surface area is 183 Å². The van der Waals surface area contributed by atoms with Crippen LogP contribution in [0.5, 0.6) is 0 Å². The van der Waals surface area contributed by atoms with Gasteiger partial charge in [0.1, 0.15) is 5.57 Å². The second kappa shape index (κ2) is 10.4. The number of benzene rings is 3. The number of carbonyl (C=O) groups is 2. The Bertz CT molecular complexity index is 1020. The molecule has 3 aromatic carbocycles. The highest BCUT2D eigenvalue weighted by molar-refractivity contribution is 6.21. The average molecular weight is 438 g/mol. The number of amides is 2. The molecule has 0 saturated heterocycles. The molecule has 164 valence electrons. The number of alkyl halides is 3. The maximum atomic E-state index is 12.8. The number of hydrogen-bond acceptors (Lipinski definition) is 2. The smallest absolute Gasteiger partial charge is 0.348 e. The molecule has 0 bridgehead atoms. The minimum absolute atomic E-state index is 0.198. The van der Waals surface area contributed by atoms with Crippen molar-refractivity contribution >= 4 is 17.9 Å². The highest BCUT2D eigenvalue weighted by Gasteiger charge is 2.30. The lowest BCUT2D eigenvalue weighted by molar-refractivity contribution is -0.137. The molecule has 32 heavy (non-hydrogen) atoms. The van der Waals surface area contributed by atoms with Gasteiger partial charge in [0.25, 0.3) is 11.8 Å². The van der Waals surface area contributed by atoms with Crippen LogP contribution < -0.4 is 10.6 Å². The Morgan fingerprint density at radius 2 is 1.12 bits per heavy atom. The van der Waals surface area contributed by atoms with E-state index in [1.165, 1.54) is 18.2 Å². The van der Waals surface area contributed by atoms with Crippen LogP contribution in [0, 0.1) is 0 Å². The van der Waals surface area contributed by atoms with Crippen molar-refractivity contribution in [3.8, 4) is 0 Å². The van der Waals surface area contributed by atoms with Crippen molar-refractivity contribution in [1.29, 1.82) is 0 Å². The Hall–Kier alpha value is -3.87. The molecule has 7 heteroatoms. The van der Waals surface area contributed by atoms with Gasteiger partial charge in [-0.05, 0) is 34.9 Å². The molecule has 0 fully saturated rings. The van der Waals surface area contributed by atoms with E-state index in [0.29, 0.717) is 5.56 Å². The van der Waals surface area contributed by atoms with Crippen molar-refractivity contribution in [1.82, 2.24) is 10.6 Å². The lowest BCUT2D eigenvalue weighted by Crippen LogP contribution is -2.34. The zero-order chi connectivity index (χ0) is 23.0. The van der Waals surface area contributed by atoms with Crippen LogP contribution in [-0.4, -0.2) is 11.8 Å². The van der Waals surface area contributed by atoms with Crippen LogP contribution in [-0.2, 0) is 28.9 Å². The maximum absolute atomic E-state index is 12.8. The zero-order valence-electron chi connectivity index (χ0n) is 17.0. The lowest BCUT2D eigenvalue weighted by atomic mass is 10.1. The summed E-state index contributed by atoms with van der Waals surface area (Å²) in [4.78, 5) is 25.6. The third kappa shape index (κ3) is 6.57. The van der Waals surface area contributed by atoms with E-state index in [1.807, 2.05) is 60.7 Å². The fourth-order valence-electron chi connectivity index (χ4n) is 2.92. The molecule has 0 aliphatic heterocycles. The minimum Gasteiger partial charge on any atom is -0.348 e. The summed E-state index contributed by atoms with van der Waals surface area (Å²) in [5, 5.41) is 5.37. The van der Waals surface area contributed by atoms with Crippen LogP contribution in [0.3, 0.4) is 0 Å². The van der Waals surface area contributed by atoms with Crippen LogP contribution in [0.2, 0.25) is 0 Å². The van der Waals surface area contributed by atoms with Crippen LogP contribution in [0.4, 0.5) is 13.2 Å². The first-order valence-electron chi connectivity index (χ1n) is 9.86. The first-order valence-corrected chi connectivity index (χ1v) is 9.86. The minimum atomic E-state index is -4.47. The molecule has 3 rings (SSSR count). The zero-order valence-corrected chi connectivity index (χ0v) is 17.0. The maximum Gasteiger partial charge on any atom is 0.416 e. The van der Waals surface area contributed by atoms with Gasteiger partial charge in [0.2, 0.25) is 0 Å². The largest absolute Gasteiger partial charge is 0.416 e. The van der Waals surface area contributed by atoms with Crippen molar-refractivity contribution in [2.75, 3.05) is 0 Å². The van der Waals surface area contributed by atoms with Crippen molar-refractivity contribution in [3.05, 3.63) is 113 Å². The lowest BCUT2D eigenvalue weighted by Gasteiger charge is -2.11. The van der Waals surface area contributed by atoms with E-state index in [1.54, 1.807) is 0 Å². The summed E-state index contributed by atoms with van der Waals surface area (Å²) < 4.78 is 38.5. The van der Waals surface area contributed by atoms with Gasteiger partial charge in [-0.25, -0.2) is 0 Å². The first-order chi connectivity index (χ1) is 15.3. The van der Waals surface area contributed by atoms with Gasteiger partial charge in [-0.15, -0.1) is 0 Å². The number of carbonyl (C=O) groups excluding carboxylic acids is 2. The summed E-state index contributed by atoms with van der Waals surface area (Å²) in [6.07, 6.45) is -3.19. The molecular weight excluding hydrogens is 417 g/mol. The molecule has 0 unspecified atom stereocenters. The van der Waals surface area contributed by atoms with Gasteiger partial charge in [-0.2, -0.15) is 13.2 Å². The fourth-order valence-corrected chi connectivity index (χ4v) is 2.92. The molecule has 4 nitrogen and oxygen atoms in total. The molecule has 0 aliphatic carbocycles. The van der Waals surface area contributed by atoms with Gasteiger partial charge in [-0.1, -0.05) is 72.8 Å². The number of nitrogens with one attached hydrogen (secondary N) is 2. The molecule has 3 aromatic rings. The molecule has 0 saturated carbocycles. The number of rotatable bonds is 7. The quantitative estimate of drug-likeness (QED) is 0.319. The Balaban J connectivity index is 1.79. The Morgan fingerprint density at radius 1 is 0.688 bits per heavy atom. The summed E-state index contributed by atoms with van der Waals surface area (Å²) in [7, 11) is 0. The molecule has 0 radical (unpaired) electrons. The molecule has 0 spiro atoms. The molecule has 0 aromatic heterocycles. The third-order valence-electron chi connectivity index (χ3n) is 4.63. The molecule has 0 heterocycles. The third-order valence-corrected chi connectivity index (χ3v) is 4.63. The van der Waals surface area contributed by atoms with E-state index in [2.05, 4.69) is 10.6 Å². The SMILES string of the molecule is O=C(NCc1ccccc1)C(=Cc1ccc(C(F)(F)F)cc1)C(=O)NCc1ccccc1. The molecule has 0 aliphatic rings. The van der Waals surface area contributed by atoms with Crippen molar-refractivity contribution in [2.45, 2.75) is 19.3 Å². The van der Waals surface area contributed by atoms with Crippen LogP contribution in [0.15, 0.2) is 90.5 Å². The van der Waals surface area contributed by atoms with E-state index in [9.17, 15) is 22.8 Å². The molecule has 2 amide bonds. The van der Waals surface area contributed by atoms with Gasteiger partial charge in [0.05, 0.1) is 5.56 Å². The monoisotopic (exact) mass is 438 g/mol. The molecule has 2 N–H and O–H groups in total. The summed E-state index contributed by atoms with van der Waals surface area (Å²) in [5.41, 5.74) is 0.992. The fraction of sp³-hybridized carbons (Fsp3) is 0.120. The van der Waals surface area contributed by atoms with Gasteiger partial charge in [-0.3, -0.25) is 9.59 Å². The second-order valence-electron chi connectivity index (χ2n) is 7.01. The number of hydrogen-bond donors (Lipinski definition) is 2. The number of halogens is 3. The highest BCUT2D eigenvalue weighted by Crippen LogP contribution is 2.29. The Morgan fingerprint density at radius 3 is 1.53 bits per heavy atom. The second-order valence-corrected chi connectivity index (χ2v) is 7.01. The van der Waals surface area contributed by atoms with E-state index in [4.69, 9.17) is 0 Å². The normalized spacial score (nSPS) is 10.8. The van der Waals surface area contributed by atoms with Crippen molar-refractivity contribution in [2.24, 2.45) is 0 Å². The van der Waals surface area contributed by atoms with E-state index >= 15 is 0 Å². The predicted octanol–water partition coefficient (Wildman–Crippen LogP) is 4.72. The van der Waals surface area contributed by atoms with Gasteiger partial charge in [0, 0.05) is 13.1 Å². The standard InChI is InChI=1S/C25H21F3N2O2/c26-25(27,28)21-13-11-18(12-14-21)15-22(23(31)29-16-19-7-3-1-4-8-19)24(32)30-17-20-9-5-2-6-10-20/h1-15H,16-17H2,(H,29,31)(H,30,32). The van der Waals surface area contributed by atoms with E-state index < -0.39 is 23.6 Å². The Kier molecular flexibility index (Phi) is 7.44. The van der Waals surface area contributed by atoms with Crippen LogP contribution in [0.25, 0.3) is 6.08 Å². The predicted molar refractivity (Wildman–Crippen MR) is 116 cm³/mol. The van der Waals surface area contributed by atoms with Gasteiger partial charge < -0.3 is 10.6 Å². The summed E-state index contributed by atoms with van der Waals surface area (Å²) >= 11 is 0. The highest BCUT2D eigenvalue weighted by atomic mass is 19.4. The van der Waals surface area contributed by atoms with Gasteiger partial charge >= 0.3 is 6.18 Å². The average Bonchev–Trinajstić information content (AvgIpc) is 2.80. The topological polar surface area (TPSA) is 58.2 Å². The van der Waals surface area contributed by atoms with Crippen molar-refractivity contribution in [3.63, 3.8) is 0 Å². The first kappa shape index (κ1) is 22.8. The van der Waals surface area contributed by atoms with Crippen molar-refractivity contribution < 1.29 is 22.8 Å². The summed E-state index contributed by atoms with van der Waals surface area (Å²) in [6, 6.07) is 22.6. The van der Waals surface area contributed by atoms with Crippen LogP contribution >= 0.6 is 0 Å². The summed E-state index contributed by atoms with van der Waals surface area (Å²) in [6.45, 7) is 0.409. The molecule has 0 atom stereocenters. The van der Waals surface area contributed by atoms with Gasteiger partial charge in [0.15, 0.2) is 0 Å².